The van der Waals surface area contributed by atoms with E-state index >= 15 is 0 Å². The Morgan fingerprint density at radius 1 is 1.25 bits per heavy atom. The summed E-state index contributed by atoms with van der Waals surface area (Å²) < 4.78 is 10.8. The monoisotopic (exact) mass is 292 g/mol. The Bertz CT molecular complexity index is 576. The SMILES string of the molecule is CCOc1ccc(CNc2cccnc2Cl)cc1OC. The second kappa shape index (κ2) is 7.01. The van der Waals surface area contributed by atoms with Crippen LogP contribution in [-0.4, -0.2) is 18.7 Å². The van der Waals surface area contributed by atoms with Crippen LogP contribution < -0.4 is 14.8 Å². The average molecular weight is 293 g/mol. The van der Waals surface area contributed by atoms with Crippen LogP contribution in [0.2, 0.25) is 5.15 Å². The summed E-state index contributed by atoms with van der Waals surface area (Å²) in [7, 11) is 1.63. The van der Waals surface area contributed by atoms with Crippen LogP contribution in [0.1, 0.15) is 12.5 Å². The van der Waals surface area contributed by atoms with Gasteiger partial charge in [0.15, 0.2) is 16.7 Å². The lowest BCUT2D eigenvalue weighted by atomic mass is 10.2. The molecule has 106 valence electrons. The number of halogens is 1. The van der Waals surface area contributed by atoms with Crippen LogP contribution in [0.25, 0.3) is 0 Å². The lowest BCUT2D eigenvalue weighted by molar-refractivity contribution is 0.310. The van der Waals surface area contributed by atoms with Gasteiger partial charge in [-0.1, -0.05) is 17.7 Å². The highest BCUT2D eigenvalue weighted by Crippen LogP contribution is 2.28. The van der Waals surface area contributed by atoms with Crippen LogP contribution in [-0.2, 0) is 6.54 Å². The minimum absolute atomic E-state index is 0.463. The average Bonchev–Trinajstić information content (AvgIpc) is 2.48. The highest BCUT2D eigenvalue weighted by molar-refractivity contribution is 6.31. The van der Waals surface area contributed by atoms with Gasteiger partial charge in [-0.3, -0.25) is 0 Å². The highest BCUT2D eigenvalue weighted by atomic mass is 35.5. The molecule has 0 spiro atoms. The van der Waals surface area contributed by atoms with Crippen LogP contribution in [0, 0.1) is 0 Å². The fourth-order valence-corrected chi connectivity index (χ4v) is 2.00. The molecule has 0 aliphatic carbocycles. The quantitative estimate of drug-likeness (QED) is 0.824. The van der Waals surface area contributed by atoms with E-state index in [0.717, 1.165) is 22.7 Å². The molecule has 0 aliphatic rings. The first kappa shape index (κ1) is 14.5. The maximum Gasteiger partial charge on any atom is 0.161 e. The standard InChI is InChI=1S/C15H17ClN2O2/c1-3-20-13-7-6-11(9-14(13)19-2)10-18-12-5-4-8-17-15(12)16/h4-9,18H,3,10H2,1-2H3. The predicted octanol–water partition coefficient (Wildman–Crippen LogP) is 3.75. The lowest BCUT2D eigenvalue weighted by Crippen LogP contribution is -2.02. The number of hydrogen-bond acceptors (Lipinski definition) is 4. The summed E-state index contributed by atoms with van der Waals surface area (Å²) in [5.41, 5.74) is 1.88. The maximum atomic E-state index is 6.00. The minimum Gasteiger partial charge on any atom is -0.493 e. The summed E-state index contributed by atoms with van der Waals surface area (Å²) in [4.78, 5) is 4.02. The smallest absolute Gasteiger partial charge is 0.161 e. The van der Waals surface area contributed by atoms with Crippen molar-refractivity contribution in [2.75, 3.05) is 19.0 Å². The van der Waals surface area contributed by atoms with Crippen molar-refractivity contribution in [2.24, 2.45) is 0 Å². The number of hydrogen-bond donors (Lipinski definition) is 1. The van der Waals surface area contributed by atoms with Gasteiger partial charge in [-0.15, -0.1) is 0 Å². The highest BCUT2D eigenvalue weighted by Gasteiger charge is 2.06. The first-order valence-corrected chi connectivity index (χ1v) is 6.76. The molecule has 1 aromatic carbocycles. The van der Waals surface area contributed by atoms with Gasteiger partial charge in [0.05, 0.1) is 19.4 Å². The lowest BCUT2D eigenvalue weighted by Gasteiger charge is -2.12. The van der Waals surface area contributed by atoms with E-state index in [1.807, 2.05) is 37.3 Å². The zero-order valence-corrected chi connectivity index (χ0v) is 12.3. The number of ether oxygens (including phenoxy) is 2. The molecule has 20 heavy (non-hydrogen) atoms. The number of benzene rings is 1. The number of nitrogens with one attached hydrogen (secondary N) is 1. The number of anilines is 1. The number of rotatable bonds is 6. The molecule has 2 rings (SSSR count). The van der Waals surface area contributed by atoms with Crippen molar-refractivity contribution < 1.29 is 9.47 Å². The Labute approximate surface area is 123 Å². The van der Waals surface area contributed by atoms with Gasteiger partial charge >= 0.3 is 0 Å². The molecule has 4 nitrogen and oxygen atoms in total. The molecule has 0 aliphatic heterocycles. The van der Waals surface area contributed by atoms with Crippen molar-refractivity contribution >= 4 is 17.3 Å². The molecule has 0 unspecified atom stereocenters. The first-order valence-electron chi connectivity index (χ1n) is 6.38. The summed E-state index contributed by atoms with van der Waals surface area (Å²) >= 11 is 6.00. The summed E-state index contributed by atoms with van der Waals surface area (Å²) in [5, 5.41) is 3.70. The number of aromatic nitrogens is 1. The van der Waals surface area contributed by atoms with Gasteiger partial charge in [-0.2, -0.15) is 0 Å². The Hall–Kier alpha value is -1.94. The van der Waals surface area contributed by atoms with E-state index in [4.69, 9.17) is 21.1 Å². The van der Waals surface area contributed by atoms with Gasteiger partial charge in [0.25, 0.3) is 0 Å². The van der Waals surface area contributed by atoms with Crippen LogP contribution in [0.15, 0.2) is 36.5 Å². The summed E-state index contributed by atoms with van der Waals surface area (Å²) in [6.07, 6.45) is 1.66. The molecule has 5 heteroatoms. The van der Waals surface area contributed by atoms with E-state index in [0.29, 0.717) is 18.3 Å². The summed E-state index contributed by atoms with van der Waals surface area (Å²) in [5.74, 6) is 1.47. The van der Waals surface area contributed by atoms with E-state index < -0.39 is 0 Å². The normalized spacial score (nSPS) is 10.2. The molecule has 2 aromatic rings. The summed E-state index contributed by atoms with van der Waals surface area (Å²) in [6, 6.07) is 9.57. The molecular formula is C15H17ClN2O2. The zero-order chi connectivity index (χ0) is 14.4. The molecular weight excluding hydrogens is 276 g/mol. The molecule has 1 heterocycles. The third-order valence-corrected chi connectivity index (χ3v) is 3.07. The van der Waals surface area contributed by atoms with Crippen molar-refractivity contribution in [1.29, 1.82) is 0 Å². The minimum atomic E-state index is 0.463. The second-order valence-corrected chi connectivity index (χ2v) is 4.47. The largest absolute Gasteiger partial charge is 0.493 e. The Morgan fingerprint density at radius 2 is 2.10 bits per heavy atom. The van der Waals surface area contributed by atoms with Crippen LogP contribution in [0.5, 0.6) is 11.5 Å². The van der Waals surface area contributed by atoms with Gasteiger partial charge in [0.2, 0.25) is 0 Å². The van der Waals surface area contributed by atoms with Gasteiger partial charge in [-0.25, -0.2) is 4.98 Å². The fraction of sp³-hybridized carbons (Fsp3) is 0.267. The zero-order valence-electron chi connectivity index (χ0n) is 11.5. The van der Waals surface area contributed by atoms with E-state index in [1.165, 1.54) is 0 Å². The predicted molar refractivity (Wildman–Crippen MR) is 80.7 cm³/mol. The summed E-state index contributed by atoms with van der Waals surface area (Å²) in [6.45, 7) is 3.19. The maximum absolute atomic E-state index is 6.00. The van der Waals surface area contributed by atoms with Crippen LogP contribution >= 0.6 is 11.6 Å². The van der Waals surface area contributed by atoms with Crippen molar-refractivity contribution in [3.63, 3.8) is 0 Å². The molecule has 0 bridgehead atoms. The van der Waals surface area contributed by atoms with Crippen molar-refractivity contribution in [3.05, 3.63) is 47.2 Å². The molecule has 0 radical (unpaired) electrons. The van der Waals surface area contributed by atoms with Gasteiger partial charge < -0.3 is 14.8 Å². The van der Waals surface area contributed by atoms with E-state index in [1.54, 1.807) is 13.3 Å². The Kier molecular flexibility index (Phi) is 5.07. The molecule has 0 atom stereocenters. The molecule has 1 N–H and O–H groups in total. The molecule has 0 fully saturated rings. The Morgan fingerprint density at radius 3 is 2.80 bits per heavy atom. The molecule has 0 amide bonds. The Balaban J connectivity index is 2.08. The van der Waals surface area contributed by atoms with Gasteiger partial charge in [0.1, 0.15) is 0 Å². The third kappa shape index (κ3) is 3.54. The van der Waals surface area contributed by atoms with Crippen molar-refractivity contribution in [2.45, 2.75) is 13.5 Å². The molecule has 0 saturated carbocycles. The molecule has 1 aromatic heterocycles. The number of nitrogens with zero attached hydrogens (tertiary/aromatic N) is 1. The molecule has 0 saturated heterocycles. The van der Waals surface area contributed by atoms with Crippen molar-refractivity contribution in [3.8, 4) is 11.5 Å². The number of pyridine rings is 1. The van der Waals surface area contributed by atoms with Crippen LogP contribution in [0.4, 0.5) is 5.69 Å². The topological polar surface area (TPSA) is 43.4 Å². The second-order valence-electron chi connectivity index (χ2n) is 4.11. The third-order valence-electron chi connectivity index (χ3n) is 2.77. The fourth-order valence-electron chi connectivity index (χ4n) is 1.81. The van der Waals surface area contributed by atoms with E-state index in [2.05, 4.69) is 10.3 Å². The van der Waals surface area contributed by atoms with Crippen molar-refractivity contribution in [1.82, 2.24) is 4.98 Å². The van der Waals surface area contributed by atoms with Gasteiger partial charge in [0, 0.05) is 12.7 Å². The first-order chi connectivity index (χ1) is 9.74. The van der Waals surface area contributed by atoms with E-state index in [-0.39, 0.29) is 0 Å². The van der Waals surface area contributed by atoms with E-state index in [9.17, 15) is 0 Å². The number of methoxy groups -OCH3 is 1. The van der Waals surface area contributed by atoms with Gasteiger partial charge in [-0.05, 0) is 36.8 Å². The van der Waals surface area contributed by atoms with Crippen LogP contribution in [0.3, 0.4) is 0 Å².